The molecule has 0 fully saturated rings. The predicted molar refractivity (Wildman–Crippen MR) is 85.1 cm³/mol. The summed E-state index contributed by atoms with van der Waals surface area (Å²) in [6.07, 6.45) is 1.81. The molecule has 0 spiro atoms. The second kappa shape index (κ2) is 6.41. The van der Waals surface area contributed by atoms with Gasteiger partial charge in [0.25, 0.3) is 5.56 Å². The molecule has 0 aliphatic carbocycles. The Hall–Kier alpha value is -1.99. The number of aromatic nitrogens is 1. The monoisotopic (exact) mass is 342 g/mol. The first-order valence-corrected chi connectivity index (χ1v) is 7.68. The highest BCUT2D eigenvalue weighted by Gasteiger charge is 2.18. The van der Waals surface area contributed by atoms with Crippen molar-refractivity contribution in [1.82, 2.24) is 4.57 Å². The number of carboxylic acids is 1. The van der Waals surface area contributed by atoms with Crippen LogP contribution in [0.5, 0.6) is 0 Å². The first kappa shape index (κ1) is 16.4. The molecule has 0 saturated carbocycles. The summed E-state index contributed by atoms with van der Waals surface area (Å²) in [5, 5.41) is 11.7. The summed E-state index contributed by atoms with van der Waals surface area (Å²) in [6.45, 7) is 0. The Morgan fingerprint density at radius 1 is 1.41 bits per heavy atom. The van der Waals surface area contributed by atoms with Crippen molar-refractivity contribution >= 4 is 40.8 Å². The maximum absolute atomic E-state index is 14.0. The number of hydrogen-bond acceptors (Lipinski definition) is 4. The normalized spacial score (nSPS) is 10.5. The summed E-state index contributed by atoms with van der Waals surface area (Å²) in [6, 6.07) is 5.53. The molecule has 0 bridgehead atoms. The third kappa shape index (κ3) is 3.10. The van der Waals surface area contributed by atoms with Crippen LogP contribution in [-0.4, -0.2) is 21.9 Å². The lowest BCUT2D eigenvalue weighted by molar-refractivity contribution is 0.0697. The van der Waals surface area contributed by atoms with Gasteiger partial charge in [0.2, 0.25) is 0 Å². The zero-order valence-corrected chi connectivity index (χ0v) is 13.3. The average molecular weight is 343 g/mol. The smallest absolute Gasteiger partial charge is 0.339 e. The number of benzene rings is 1. The number of aromatic carboxylic acids is 1. The van der Waals surface area contributed by atoms with E-state index in [0.717, 1.165) is 15.5 Å². The number of hydrogen-bond donors (Lipinski definition) is 2. The molecule has 2 N–H and O–H groups in total. The van der Waals surface area contributed by atoms with Crippen molar-refractivity contribution in [3.63, 3.8) is 0 Å². The third-order valence-electron chi connectivity index (χ3n) is 3.03. The molecule has 0 aliphatic rings. The second-order valence-corrected chi connectivity index (χ2v) is 5.68. The van der Waals surface area contributed by atoms with Crippen LogP contribution in [0, 0.1) is 5.82 Å². The van der Waals surface area contributed by atoms with Crippen molar-refractivity contribution < 1.29 is 14.3 Å². The minimum Gasteiger partial charge on any atom is -0.478 e. The number of nitrogens with one attached hydrogen (secondary N) is 1. The molecular weight excluding hydrogens is 331 g/mol. The van der Waals surface area contributed by atoms with E-state index in [-0.39, 0.29) is 22.1 Å². The minimum atomic E-state index is -1.28. The molecule has 0 radical (unpaired) electrons. The molecule has 2 aromatic rings. The van der Waals surface area contributed by atoms with E-state index in [2.05, 4.69) is 5.32 Å². The van der Waals surface area contributed by atoms with Crippen LogP contribution < -0.4 is 10.9 Å². The molecule has 5 nitrogen and oxygen atoms in total. The van der Waals surface area contributed by atoms with Gasteiger partial charge in [-0.15, -0.1) is 11.8 Å². The SMILES string of the molecule is CSc1ccc(Nc2c(C(=O)O)cc(Cl)c(=O)n2C)c(F)c1. The Balaban J connectivity index is 2.56. The van der Waals surface area contributed by atoms with Gasteiger partial charge in [0.05, 0.1) is 5.69 Å². The van der Waals surface area contributed by atoms with Gasteiger partial charge in [-0.25, -0.2) is 9.18 Å². The number of pyridine rings is 1. The van der Waals surface area contributed by atoms with Gasteiger partial charge in [-0.05, 0) is 30.5 Å². The molecule has 1 aromatic carbocycles. The molecular formula is C14H12ClFN2O3S. The zero-order valence-electron chi connectivity index (χ0n) is 11.7. The van der Waals surface area contributed by atoms with Gasteiger partial charge in [-0.2, -0.15) is 0 Å². The van der Waals surface area contributed by atoms with Crippen LogP contribution in [0.3, 0.4) is 0 Å². The van der Waals surface area contributed by atoms with Crippen LogP contribution in [-0.2, 0) is 7.05 Å². The fraction of sp³-hybridized carbons (Fsp3) is 0.143. The highest BCUT2D eigenvalue weighted by atomic mass is 35.5. The van der Waals surface area contributed by atoms with Gasteiger partial charge in [0.1, 0.15) is 22.2 Å². The lowest BCUT2D eigenvalue weighted by Gasteiger charge is -2.15. The average Bonchev–Trinajstić information content (AvgIpc) is 2.48. The lowest BCUT2D eigenvalue weighted by Crippen LogP contribution is -2.23. The summed E-state index contributed by atoms with van der Waals surface area (Å²) in [5.41, 5.74) is -0.728. The molecule has 0 unspecified atom stereocenters. The van der Waals surface area contributed by atoms with Crippen LogP contribution in [0.4, 0.5) is 15.9 Å². The van der Waals surface area contributed by atoms with Crippen LogP contribution in [0.25, 0.3) is 0 Å². The van der Waals surface area contributed by atoms with Crippen LogP contribution in [0.1, 0.15) is 10.4 Å². The molecule has 0 saturated heterocycles. The van der Waals surface area contributed by atoms with Crippen molar-refractivity contribution in [2.45, 2.75) is 4.90 Å². The Bertz CT molecular complexity index is 807. The molecule has 0 amide bonds. The largest absolute Gasteiger partial charge is 0.478 e. The first-order chi connectivity index (χ1) is 10.3. The molecule has 2 rings (SSSR count). The number of halogens is 2. The van der Waals surface area contributed by atoms with Crippen LogP contribution >= 0.6 is 23.4 Å². The van der Waals surface area contributed by atoms with Gasteiger partial charge in [-0.1, -0.05) is 11.6 Å². The second-order valence-electron chi connectivity index (χ2n) is 4.39. The minimum absolute atomic E-state index is 0.0438. The van der Waals surface area contributed by atoms with E-state index in [1.54, 1.807) is 6.07 Å². The van der Waals surface area contributed by atoms with E-state index in [1.165, 1.54) is 30.9 Å². The van der Waals surface area contributed by atoms with Crippen molar-refractivity contribution in [2.24, 2.45) is 7.05 Å². The van der Waals surface area contributed by atoms with Crippen molar-refractivity contribution in [1.29, 1.82) is 0 Å². The zero-order chi connectivity index (χ0) is 16.4. The Kier molecular flexibility index (Phi) is 4.77. The Morgan fingerprint density at radius 2 is 2.09 bits per heavy atom. The summed E-state index contributed by atoms with van der Waals surface area (Å²) >= 11 is 7.09. The lowest BCUT2D eigenvalue weighted by atomic mass is 10.2. The van der Waals surface area contributed by atoms with E-state index in [1.807, 2.05) is 6.26 Å². The fourth-order valence-corrected chi connectivity index (χ4v) is 2.53. The number of carbonyl (C=O) groups is 1. The highest BCUT2D eigenvalue weighted by Crippen LogP contribution is 2.26. The van der Waals surface area contributed by atoms with Crippen molar-refractivity contribution in [3.05, 3.63) is 51.0 Å². The molecule has 8 heteroatoms. The number of carboxylic acid groups (broad SMARTS) is 1. The fourth-order valence-electron chi connectivity index (χ4n) is 1.87. The topological polar surface area (TPSA) is 71.3 Å². The summed E-state index contributed by atoms with van der Waals surface area (Å²) < 4.78 is 15.1. The number of thioether (sulfide) groups is 1. The standard InChI is InChI=1S/C14H12ClFN2O3S/c1-18-12(8(14(20)21)6-9(15)13(18)19)17-11-4-3-7(22-2)5-10(11)16/h3-6,17H,1-2H3,(H,20,21). The van der Waals surface area contributed by atoms with Crippen LogP contribution in [0.15, 0.2) is 34.0 Å². The number of anilines is 2. The van der Waals surface area contributed by atoms with Gasteiger partial charge >= 0.3 is 5.97 Å². The van der Waals surface area contributed by atoms with E-state index in [9.17, 15) is 19.1 Å². The summed E-state index contributed by atoms with van der Waals surface area (Å²) in [7, 11) is 1.36. The molecule has 0 atom stereocenters. The quantitative estimate of drug-likeness (QED) is 0.834. The molecule has 1 aromatic heterocycles. The van der Waals surface area contributed by atoms with Gasteiger partial charge in [0, 0.05) is 11.9 Å². The number of nitrogens with zero attached hydrogens (tertiary/aromatic N) is 1. The van der Waals surface area contributed by atoms with Gasteiger partial charge in [-0.3, -0.25) is 9.36 Å². The highest BCUT2D eigenvalue weighted by molar-refractivity contribution is 7.98. The Labute approximate surface area is 134 Å². The third-order valence-corrected chi connectivity index (χ3v) is 4.03. The number of rotatable bonds is 4. The van der Waals surface area contributed by atoms with Gasteiger partial charge < -0.3 is 10.4 Å². The first-order valence-electron chi connectivity index (χ1n) is 6.08. The molecule has 116 valence electrons. The van der Waals surface area contributed by atoms with Crippen molar-refractivity contribution in [2.75, 3.05) is 11.6 Å². The van der Waals surface area contributed by atoms with E-state index in [4.69, 9.17) is 11.6 Å². The molecule has 22 heavy (non-hydrogen) atoms. The van der Waals surface area contributed by atoms with Crippen molar-refractivity contribution in [3.8, 4) is 0 Å². The molecule has 0 aliphatic heterocycles. The summed E-state index contributed by atoms with van der Waals surface area (Å²) in [4.78, 5) is 23.9. The maximum Gasteiger partial charge on any atom is 0.339 e. The predicted octanol–water partition coefficient (Wildman–Crippen LogP) is 3.34. The Morgan fingerprint density at radius 3 is 2.64 bits per heavy atom. The van der Waals surface area contributed by atoms with E-state index < -0.39 is 17.3 Å². The maximum atomic E-state index is 14.0. The molecule has 1 heterocycles. The van der Waals surface area contributed by atoms with E-state index >= 15 is 0 Å². The van der Waals surface area contributed by atoms with Crippen LogP contribution in [0.2, 0.25) is 5.02 Å². The summed E-state index contributed by atoms with van der Waals surface area (Å²) in [5.74, 6) is -1.87. The van der Waals surface area contributed by atoms with Gasteiger partial charge in [0.15, 0.2) is 0 Å². The van der Waals surface area contributed by atoms with E-state index in [0.29, 0.717) is 0 Å².